The largest absolute Gasteiger partial charge is 0.348 e. The molecule has 0 saturated heterocycles. The van der Waals surface area contributed by atoms with Gasteiger partial charge < -0.3 is 5.32 Å². The van der Waals surface area contributed by atoms with E-state index in [4.69, 9.17) is 0 Å². The van der Waals surface area contributed by atoms with Gasteiger partial charge >= 0.3 is 0 Å². The highest BCUT2D eigenvalue weighted by Gasteiger charge is 2.23. The van der Waals surface area contributed by atoms with Gasteiger partial charge in [-0.05, 0) is 61.9 Å². The molecule has 1 N–H and O–H groups in total. The molecule has 0 spiro atoms. The Labute approximate surface area is 161 Å². The summed E-state index contributed by atoms with van der Waals surface area (Å²) in [6, 6.07) is 9.77. The van der Waals surface area contributed by atoms with Crippen LogP contribution in [-0.4, -0.2) is 31.7 Å². The van der Waals surface area contributed by atoms with Crippen molar-refractivity contribution in [1.82, 2.24) is 9.62 Å². The third-order valence-electron chi connectivity index (χ3n) is 3.97. The van der Waals surface area contributed by atoms with Crippen molar-refractivity contribution in [3.63, 3.8) is 0 Å². The van der Waals surface area contributed by atoms with Crippen molar-refractivity contribution in [1.29, 1.82) is 0 Å². The van der Waals surface area contributed by atoms with E-state index in [1.165, 1.54) is 47.8 Å². The van der Waals surface area contributed by atoms with Crippen LogP contribution in [0.4, 0.5) is 4.39 Å². The van der Waals surface area contributed by atoms with Crippen molar-refractivity contribution >= 4 is 31.9 Å². The molecule has 1 amide bonds. The van der Waals surface area contributed by atoms with Crippen molar-refractivity contribution in [2.24, 2.45) is 0 Å². The quantitative estimate of drug-likeness (QED) is 0.743. The molecular weight excluding hydrogens is 423 g/mol. The number of hydrogen-bond donors (Lipinski definition) is 1. The smallest absolute Gasteiger partial charge is 0.251 e. The van der Waals surface area contributed by atoms with E-state index in [1.807, 2.05) is 0 Å². The van der Waals surface area contributed by atoms with Crippen LogP contribution in [0.15, 0.2) is 51.8 Å². The number of hydrogen-bond acceptors (Lipinski definition) is 3. The monoisotopic (exact) mass is 442 g/mol. The highest BCUT2D eigenvalue weighted by molar-refractivity contribution is 9.10. The minimum atomic E-state index is -3.59. The van der Waals surface area contributed by atoms with E-state index < -0.39 is 10.0 Å². The van der Waals surface area contributed by atoms with Crippen molar-refractivity contribution in [2.75, 3.05) is 7.05 Å². The first-order valence-electron chi connectivity index (χ1n) is 7.93. The predicted molar refractivity (Wildman–Crippen MR) is 102 cm³/mol. The van der Waals surface area contributed by atoms with Crippen LogP contribution in [0.3, 0.4) is 0 Å². The van der Waals surface area contributed by atoms with Crippen LogP contribution in [-0.2, 0) is 16.6 Å². The van der Waals surface area contributed by atoms with E-state index in [2.05, 4.69) is 21.2 Å². The SMILES string of the molecule is CC(C)N(C)S(=O)(=O)c1ccc(C(=O)NCc2cc(F)ccc2Br)cc1. The summed E-state index contributed by atoms with van der Waals surface area (Å²) in [5.41, 5.74) is 0.930. The Morgan fingerprint density at radius 1 is 1.19 bits per heavy atom. The fraction of sp³-hybridized carbons (Fsp3) is 0.278. The maximum Gasteiger partial charge on any atom is 0.251 e. The standard InChI is InChI=1S/C18H20BrFN2O3S/c1-12(2)22(3)26(24,25)16-7-4-13(5-8-16)18(23)21-11-14-10-15(20)6-9-17(14)19/h4-10,12H,11H2,1-3H3,(H,21,23). The Kier molecular flexibility index (Phi) is 6.54. The summed E-state index contributed by atoms with van der Waals surface area (Å²) in [6.45, 7) is 3.71. The fourth-order valence-electron chi connectivity index (χ4n) is 2.18. The Balaban J connectivity index is 2.10. The van der Waals surface area contributed by atoms with Gasteiger partial charge in [0.25, 0.3) is 5.91 Å². The molecule has 26 heavy (non-hydrogen) atoms. The maximum atomic E-state index is 13.3. The molecule has 0 heterocycles. The number of halogens is 2. The van der Waals surface area contributed by atoms with Gasteiger partial charge in [0.05, 0.1) is 4.90 Å². The average Bonchev–Trinajstić information content (AvgIpc) is 2.61. The lowest BCUT2D eigenvalue weighted by atomic mass is 10.2. The van der Waals surface area contributed by atoms with Gasteiger partial charge in [-0.2, -0.15) is 4.31 Å². The van der Waals surface area contributed by atoms with Crippen LogP contribution in [0.1, 0.15) is 29.8 Å². The summed E-state index contributed by atoms with van der Waals surface area (Å²) in [7, 11) is -2.08. The van der Waals surface area contributed by atoms with Gasteiger partial charge in [-0.1, -0.05) is 15.9 Å². The average molecular weight is 443 g/mol. The molecule has 140 valence electrons. The van der Waals surface area contributed by atoms with E-state index in [0.29, 0.717) is 15.6 Å². The minimum Gasteiger partial charge on any atom is -0.348 e. The van der Waals surface area contributed by atoms with E-state index in [0.717, 1.165) is 0 Å². The summed E-state index contributed by atoms with van der Waals surface area (Å²) >= 11 is 3.30. The molecule has 0 aliphatic heterocycles. The Hall–Kier alpha value is -1.77. The van der Waals surface area contributed by atoms with Crippen LogP contribution in [0, 0.1) is 5.82 Å². The van der Waals surface area contributed by atoms with Gasteiger partial charge in [-0.25, -0.2) is 12.8 Å². The van der Waals surface area contributed by atoms with Crippen molar-refractivity contribution in [3.8, 4) is 0 Å². The third-order valence-corrected chi connectivity index (χ3v) is 6.79. The Morgan fingerprint density at radius 3 is 2.38 bits per heavy atom. The van der Waals surface area contributed by atoms with Crippen LogP contribution >= 0.6 is 15.9 Å². The highest BCUT2D eigenvalue weighted by atomic mass is 79.9. The van der Waals surface area contributed by atoms with Gasteiger partial charge in [0.2, 0.25) is 10.0 Å². The number of benzene rings is 2. The maximum absolute atomic E-state index is 13.3. The molecular formula is C18H20BrFN2O3S. The first kappa shape index (κ1) is 20.5. The molecule has 0 atom stereocenters. The second kappa shape index (κ2) is 8.28. The third kappa shape index (κ3) is 4.69. The topological polar surface area (TPSA) is 66.5 Å². The first-order chi connectivity index (χ1) is 12.1. The number of nitrogens with zero attached hydrogens (tertiary/aromatic N) is 1. The zero-order valence-corrected chi connectivity index (χ0v) is 17.1. The van der Waals surface area contributed by atoms with E-state index >= 15 is 0 Å². The fourth-order valence-corrected chi connectivity index (χ4v) is 3.93. The second-order valence-electron chi connectivity index (χ2n) is 6.06. The number of sulfonamides is 1. The Morgan fingerprint density at radius 2 is 1.81 bits per heavy atom. The molecule has 2 aromatic rings. The number of nitrogens with one attached hydrogen (secondary N) is 1. The molecule has 0 aliphatic rings. The van der Waals surface area contributed by atoms with E-state index in [1.54, 1.807) is 19.9 Å². The molecule has 8 heteroatoms. The summed E-state index contributed by atoms with van der Waals surface area (Å²) in [4.78, 5) is 12.4. The van der Waals surface area contributed by atoms with Gasteiger partial charge in [0.15, 0.2) is 0 Å². The van der Waals surface area contributed by atoms with Crippen LogP contribution in [0.25, 0.3) is 0 Å². The molecule has 0 saturated carbocycles. The lowest BCUT2D eigenvalue weighted by Crippen LogP contribution is -2.33. The Bertz CT molecular complexity index is 899. The van der Waals surface area contributed by atoms with Crippen LogP contribution in [0.5, 0.6) is 0 Å². The van der Waals surface area contributed by atoms with Crippen LogP contribution < -0.4 is 5.32 Å². The summed E-state index contributed by atoms with van der Waals surface area (Å²) in [5, 5.41) is 2.69. The molecule has 0 aromatic heterocycles. The molecule has 5 nitrogen and oxygen atoms in total. The predicted octanol–water partition coefficient (Wildman–Crippen LogP) is 3.55. The molecule has 0 radical (unpaired) electrons. The van der Waals surface area contributed by atoms with E-state index in [-0.39, 0.29) is 29.2 Å². The number of amides is 1. The molecule has 0 unspecified atom stereocenters. The molecule has 0 aliphatic carbocycles. The van der Waals surface area contributed by atoms with Crippen LogP contribution in [0.2, 0.25) is 0 Å². The molecule has 0 bridgehead atoms. The van der Waals surface area contributed by atoms with Gasteiger partial charge in [-0.3, -0.25) is 4.79 Å². The van der Waals surface area contributed by atoms with Gasteiger partial charge in [0.1, 0.15) is 5.82 Å². The summed E-state index contributed by atoms with van der Waals surface area (Å²) in [6.07, 6.45) is 0. The number of carbonyl (C=O) groups excluding carboxylic acids is 1. The van der Waals surface area contributed by atoms with Crippen molar-refractivity contribution in [2.45, 2.75) is 31.3 Å². The van der Waals surface area contributed by atoms with Crippen molar-refractivity contribution in [3.05, 3.63) is 63.9 Å². The second-order valence-corrected chi connectivity index (χ2v) is 8.91. The van der Waals surface area contributed by atoms with Gasteiger partial charge in [0, 0.05) is 29.7 Å². The molecule has 2 aromatic carbocycles. The number of carbonyl (C=O) groups is 1. The lowest BCUT2D eigenvalue weighted by Gasteiger charge is -2.21. The first-order valence-corrected chi connectivity index (χ1v) is 10.2. The zero-order chi connectivity index (χ0) is 19.5. The zero-order valence-electron chi connectivity index (χ0n) is 14.7. The van der Waals surface area contributed by atoms with E-state index in [9.17, 15) is 17.6 Å². The minimum absolute atomic E-state index is 0.123. The molecule has 0 fully saturated rings. The summed E-state index contributed by atoms with van der Waals surface area (Å²) < 4.78 is 40.1. The molecule has 2 rings (SSSR count). The highest BCUT2D eigenvalue weighted by Crippen LogP contribution is 2.19. The lowest BCUT2D eigenvalue weighted by molar-refractivity contribution is 0.0950. The normalized spacial score (nSPS) is 11.8. The van der Waals surface area contributed by atoms with Gasteiger partial charge in [-0.15, -0.1) is 0 Å². The van der Waals surface area contributed by atoms with Crippen molar-refractivity contribution < 1.29 is 17.6 Å². The number of rotatable bonds is 6. The summed E-state index contributed by atoms with van der Waals surface area (Å²) in [5.74, 6) is -0.761.